The smallest absolute Gasteiger partial charge is 0.0552 e. The molecule has 0 aromatic heterocycles. The van der Waals surface area contributed by atoms with Crippen molar-refractivity contribution in [1.29, 1.82) is 0 Å². The number of rotatable bonds is 2. The molecule has 0 radical (unpaired) electrons. The molecule has 1 heterocycles. The van der Waals surface area contributed by atoms with Crippen LogP contribution in [-0.4, -0.2) is 35.2 Å². The number of piperidine rings is 1. The highest BCUT2D eigenvalue weighted by Crippen LogP contribution is 2.20. The van der Waals surface area contributed by atoms with Gasteiger partial charge in [0.2, 0.25) is 0 Å². The van der Waals surface area contributed by atoms with Crippen LogP contribution in [0.25, 0.3) is 0 Å². The van der Waals surface area contributed by atoms with Crippen LogP contribution in [-0.2, 0) is 0 Å². The van der Waals surface area contributed by atoms with Crippen LogP contribution < -0.4 is 0 Å². The van der Waals surface area contributed by atoms with Gasteiger partial charge in [0.05, 0.1) is 6.10 Å². The van der Waals surface area contributed by atoms with Gasteiger partial charge in [0, 0.05) is 12.6 Å². The van der Waals surface area contributed by atoms with E-state index in [0.717, 1.165) is 6.54 Å². The Bertz CT molecular complexity index is 120. The largest absolute Gasteiger partial charge is 0.393 e. The van der Waals surface area contributed by atoms with Crippen LogP contribution in [0.2, 0.25) is 0 Å². The van der Waals surface area contributed by atoms with Crippen LogP contribution in [0, 0.1) is 5.92 Å². The number of hydrogen-bond donors (Lipinski definition) is 1. The summed E-state index contributed by atoms with van der Waals surface area (Å²) in [6.45, 7) is 8.65. The summed E-state index contributed by atoms with van der Waals surface area (Å²) in [5, 5.41) is 9.45. The second-order valence-electron chi connectivity index (χ2n) is 4.23. The second-order valence-corrected chi connectivity index (χ2v) is 4.23. The highest BCUT2D eigenvalue weighted by molar-refractivity contribution is 4.77. The lowest BCUT2D eigenvalue weighted by atomic mass is 9.93. The van der Waals surface area contributed by atoms with Gasteiger partial charge >= 0.3 is 0 Å². The van der Waals surface area contributed by atoms with E-state index in [-0.39, 0.29) is 6.10 Å². The maximum Gasteiger partial charge on any atom is 0.0552 e. The first-order valence-electron chi connectivity index (χ1n) is 5.03. The van der Waals surface area contributed by atoms with E-state index in [0.29, 0.717) is 12.0 Å². The third kappa shape index (κ3) is 2.46. The Morgan fingerprint density at radius 1 is 1.33 bits per heavy atom. The van der Waals surface area contributed by atoms with Crippen LogP contribution in [0.15, 0.2) is 0 Å². The summed E-state index contributed by atoms with van der Waals surface area (Å²) in [6.07, 6.45) is 2.31. The molecular weight excluding hydrogens is 150 g/mol. The van der Waals surface area contributed by atoms with Crippen molar-refractivity contribution in [3.05, 3.63) is 0 Å². The maximum atomic E-state index is 9.45. The molecule has 2 atom stereocenters. The minimum absolute atomic E-state index is 0.133. The number of aliphatic hydroxyl groups excluding tert-OH is 1. The van der Waals surface area contributed by atoms with Gasteiger partial charge < -0.3 is 10.0 Å². The van der Waals surface area contributed by atoms with E-state index in [1.165, 1.54) is 19.4 Å². The zero-order valence-electron chi connectivity index (χ0n) is 8.45. The number of nitrogens with zero attached hydrogens (tertiary/aromatic N) is 1. The lowest BCUT2D eigenvalue weighted by Gasteiger charge is -2.36. The zero-order valence-corrected chi connectivity index (χ0v) is 8.45. The summed E-state index contributed by atoms with van der Waals surface area (Å²) in [6, 6.07) is 0.631. The monoisotopic (exact) mass is 171 g/mol. The molecule has 0 spiro atoms. The Kier molecular flexibility index (Phi) is 3.53. The Hall–Kier alpha value is -0.0800. The molecule has 1 fully saturated rings. The number of likely N-dealkylation sites (tertiary alicyclic amines) is 1. The molecule has 2 heteroatoms. The van der Waals surface area contributed by atoms with E-state index in [4.69, 9.17) is 0 Å². The van der Waals surface area contributed by atoms with E-state index < -0.39 is 0 Å². The summed E-state index contributed by atoms with van der Waals surface area (Å²) in [4.78, 5) is 2.46. The third-order valence-electron chi connectivity index (χ3n) is 2.90. The van der Waals surface area contributed by atoms with Crippen LogP contribution in [0.5, 0.6) is 0 Å². The molecule has 1 saturated heterocycles. The van der Waals surface area contributed by atoms with Gasteiger partial charge in [-0.2, -0.15) is 0 Å². The fraction of sp³-hybridized carbons (Fsp3) is 1.00. The molecule has 0 aromatic carbocycles. The molecule has 0 unspecified atom stereocenters. The van der Waals surface area contributed by atoms with Crippen LogP contribution >= 0.6 is 0 Å². The molecule has 72 valence electrons. The van der Waals surface area contributed by atoms with Crippen LogP contribution in [0.3, 0.4) is 0 Å². The van der Waals surface area contributed by atoms with Crippen molar-refractivity contribution in [3.63, 3.8) is 0 Å². The molecule has 0 aliphatic carbocycles. The molecule has 0 saturated carbocycles. The fourth-order valence-corrected chi connectivity index (χ4v) is 1.90. The Morgan fingerprint density at radius 3 is 2.50 bits per heavy atom. The highest BCUT2D eigenvalue weighted by atomic mass is 16.3. The standard InChI is InChI=1S/C10H21NO/c1-8(2)11-6-4-5-10(7-11)9(3)12/h8-10,12H,4-7H2,1-3H3/t9-,10-/m0/s1. The lowest BCUT2D eigenvalue weighted by Crippen LogP contribution is -2.42. The van der Waals surface area contributed by atoms with E-state index >= 15 is 0 Å². The summed E-state index contributed by atoms with van der Waals surface area (Å²) in [7, 11) is 0. The summed E-state index contributed by atoms with van der Waals surface area (Å²) >= 11 is 0. The van der Waals surface area contributed by atoms with Gasteiger partial charge in [-0.1, -0.05) is 0 Å². The summed E-state index contributed by atoms with van der Waals surface area (Å²) in [5.74, 6) is 0.501. The lowest BCUT2D eigenvalue weighted by molar-refractivity contribution is 0.0507. The van der Waals surface area contributed by atoms with Crippen molar-refractivity contribution < 1.29 is 5.11 Å². The average Bonchev–Trinajstić information content (AvgIpc) is 2.04. The topological polar surface area (TPSA) is 23.5 Å². The number of hydrogen-bond acceptors (Lipinski definition) is 2. The first kappa shape index (κ1) is 10.0. The Labute approximate surface area is 75.6 Å². The van der Waals surface area contributed by atoms with Gasteiger partial charge in [-0.3, -0.25) is 0 Å². The van der Waals surface area contributed by atoms with Crippen molar-refractivity contribution in [2.24, 2.45) is 5.92 Å². The molecule has 1 rings (SSSR count). The average molecular weight is 171 g/mol. The number of aliphatic hydroxyl groups is 1. The molecule has 2 nitrogen and oxygen atoms in total. The normalized spacial score (nSPS) is 29.2. The first-order chi connectivity index (χ1) is 5.61. The molecule has 1 N–H and O–H groups in total. The zero-order chi connectivity index (χ0) is 9.14. The van der Waals surface area contributed by atoms with E-state index in [2.05, 4.69) is 18.7 Å². The van der Waals surface area contributed by atoms with E-state index in [1.807, 2.05) is 6.92 Å². The van der Waals surface area contributed by atoms with Gasteiger partial charge in [-0.05, 0) is 46.1 Å². The molecule has 0 aromatic rings. The third-order valence-corrected chi connectivity index (χ3v) is 2.90. The Balaban J connectivity index is 2.40. The maximum absolute atomic E-state index is 9.45. The van der Waals surface area contributed by atoms with Crippen molar-refractivity contribution in [2.75, 3.05) is 13.1 Å². The molecule has 1 aliphatic rings. The minimum atomic E-state index is -0.133. The van der Waals surface area contributed by atoms with Crippen LogP contribution in [0.4, 0.5) is 0 Å². The van der Waals surface area contributed by atoms with Crippen molar-refractivity contribution in [3.8, 4) is 0 Å². The minimum Gasteiger partial charge on any atom is -0.393 e. The SMILES string of the molecule is CC(C)N1CCC[C@H]([C@H](C)O)C1. The van der Waals surface area contributed by atoms with Crippen molar-refractivity contribution >= 4 is 0 Å². The van der Waals surface area contributed by atoms with Gasteiger partial charge in [0.1, 0.15) is 0 Å². The predicted molar refractivity (Wildman–Crippen MR) is 51.1 cm³/mol. The Morgan fingerprint density at radius 2 is 2.00 bits per heavy atom. The van der Waals surface area contributed by atoms with Crippen molar-refractivity contribution in [2.45, 2.75) is 45.8 Å². The van der Waals surface area contributed by atoms with E-state index in [1.54, 1.807) is 0 Å². The van der Waals surface area contributed by atoms with Gasteiger partial charge in [0.15, 0.2) is 0 Å². The van der Waals surface area contributed by atoms with Gasteiger partial charge in [-0.25, -0.2) is 0 Å². The quantitative estimate of drug-likeness (QED) is 0.680. The summed E-state index contributed by atoms with van der Waals surface area (Å²) in [5.41, 5.74) is 0. The molecule has 0 bridgehead atoms. The summed E-state index contributed by atoms with van der Waals surface area (Å²) < 4.78 is 0. The molecule has 0 amide bonds. The van der Waals surface area contributed by atoms with Crippen LogP contribution in [0.1, 0.15) is 33.6 Å². The first-order valence-corrected chi connectivity index (χ1v) is 5.03. The van der Waals surface area contributed by atoms with Gasteiger partial charge in [0.25, 0.3) is 0 Å². The predicted octanol–water partition coefficient (Wildman–Crippen LogP) is 1.49. The fourth-order valence-electron chi connectivity index (χ4n) is 1.90. The highest BCUT2D eigenvalue weighted by Gasteiger charge is 2.24. The molecular formula is C10H21NO. The molecule has 12 heavy (non-hydrogen) atoms. The molecule has 1 aliphatic heterocycles. The van der Waals surface area contributed by atoms with Crippen molar-refractivity contribution in [1.82, 2.24) is 4.90 Å². The van der Waals surface area contributed by atoms with E-state index in [9.17, 15) is 5.11 Å². The van der Waals surface area contributed by atoms with Gasteiger partial charge in [-0.15, -0.1) is 0 Å². The second kappa shape index (κ2) is 4.24.